The second kappa shape index (κ2) is 10.8. The lowest BCUT2D eigenvalue weighted by molar-refractivity contribution is -0.126. The van der Waals surface area contributed by atoms with Crippen LogP contribution in [-0.4, -0.2) is 36.3 Å². The summed E-state index contributed by atoms with van der Waals surface area (Å²) in [7, 11) is 0. The van der Waals surface area contributed by atoms with Gasteiger partial charge in [0, 0.05) is 31.1 Å². The van der Waals surface area contributed by atoms with Crippen molar-refractivity contribution in [3.05, 3.63) is 64.7 Å². The first kappa shape index (κ1) is 21.8. The summed E-state index contributed by atoms with van der Waals surface area (Å²) >= 11 is 5.99. The molecule has 7 heteroatoms. The zero-order valence-corrected chi connectivity index (χ0v) is 17.5. The minimum absolute atomic E-state index is 0.0274. The van der Waals surface area contributed by atoms with Crippen LogP contribution in [0.15, 0.2) is 48.5 Å². The van der Waals surface area contributed by atoms with E-state index in [4.69, 9.17) is 16.9 Å². The van der Waals surface area contributed by atoms with Crippen molar-refractivity contribution in [3.8, 4) is 6.07 Å². The number of benzene rings is 2. The first-order valence-electron chi connectivity index (χ1n) is 10.1. The minimum Gasteiger partial charge on any atom is -0.352 e. The molecule has 1 heterocycles. The van der Waals surface area contributed by atoms with Gasteiger partial charge in [-0.05, 0) is 49.7 Å². The Hall–Kier alpha value is -2.88. The molecule has 2 aromatic carbocycles. The number of amides is 2. The Morgan fingerprint density at radius 1 is 1.13 bits per heavy atom. The van der Waals surface area contributed by atoms with Crippen LogP contribution in [-0.2, 0) is 16.1 Å². The molecule has 6 nitrogen and oxygen atoms in total. The Bertz CT molecular complexity index is 919. The number of carbonyl (C=O) groups excluding carboxylic acids is 2. The number of rotatable bonds is 7. The number of likely N-dealkylation sites (tertiary alicyclic amines) is 1. The van der Waals surface area contributed by atoms with Crippen LogP contribution in [0.2, 0.25) is 5.02 Å². The van der Waals surface area contributed by atoms with E-state index in [9.17, 15) is 9.59 Å². The summed E-state index contributed by atoms with van der Waals surface area (Å²) in [6, 6.07) is 16.7. The molecule has 1 saturated heterocycles. The highest BCUT2D eigenvalue weighted by molar-refractivity contribution is 6.32. The zero-order chi connectivity index (χ0) is 21.3. The van der Waals surface area contributed by atoms with E-state index in [2.05, 4.69) is 15.5 Å². The molecule has 0 atom stereocenters. The van der Waals surface area contributed by atoms with Crippen molar-refractivity contribution >= 4 is 29.1 Å². The maximum absolute atomic E-state index is 12.4. The first-order valence-corrected chi connectivity index (χ1v) is 10.5. The Balaban J connectivity index is 1.36. The maximum atomic E-state index is 12.4. The van der Waals surface area contributed by atoms with Gasteiger partial charge in [0.05, 0.1) is 10.6 Å². The normalized spacial score (nSPS) is 14.7. The van der Waals surface area contributed by atoms with Gasteiger partial charge >= 0.3 is 0 Å². The zero-order valence-electron chi connectivity index (χ0n) is 16.7. The molecule has 1 aliphatic rings. The largest absolute Gasteiger partial charge is 0.352 e. The molecule has 30 heavy (non-hydrogen) atoms. The monoisotopic (exact) mass is 424 g/mol. The molecule has 0 spiro atoms. The van der Waals surface area contributed by atoms with Crippen molar-refractivity contribution in [2.45, 2.75) is 25.8 Å². The number of hydrogen-bond donors (Lipinski definition) is 2. The summed E-state index contributed by atoms with van der Waals surface area (Å²) < 4.78 is 0. The summed E-state index contributed by atoms with van der Waals surface area (Å²) in [6.45, 7) is 2.81. The molecule has 156 valence electrons. The number of anilines is 1. The Labute approximate surface area is 181 Å². The molecule has 0 bridgehead atoms. The fourth-order valence-electron chi connectivity index (χ4n) is 3.51. The van der Waals surface area contributed by atoms with E-state index < -0.39 is 0 Å². The van der Waals surface area contributed by atoms with Gasteiger partial charge < -0.3 is 15.5 Å². The van der Waals surface area contributed by atoms with Crippen LogP contribution in [0.3, 0.4) is 0 Å². The van der Waals surface area contributed by atoms with Gasteiger partial charge in [-0.25, -0.2) is 0 Å². The van der Waals surface area contributed by atoms with E-state index in [1.165, 1.54) is 0 Å². The van der Waals surface area contributed by atoms with E-state index in [0.29, 0.717) is 35.8 Å². The second-order valence-corrected chi connectivity index (χ2v) is 7.83. The highest BCUT2D eigenvalue weighted by Crippen LogP contribution is 2.21. The molecular formula is C23H25ClN4O2. The van der Waals surface area contributed by atoms with Crippen molar-refractivity contribution < 1.29 is 9.59 Å². The third-order valence-electron chi connectivity index (χ3n) is 5.30. The average molecular weight is 425 g/mol. The molecule has 2 N–H and O–H groups in total. The lowest BCUT2D eigenvalue weighted by atomic mass is 9.95. The minimum atomic E-state index is -0.0986. The predicted octanol–water partition coefficient (Wildman–Crippen LogP) is 3.57. The molecular weight excluding hydrogens is 400 g/mol. The van der Waals surface area contributed by atoms with Gasteiger partial charge in [-0.15, -0.1) is 0 Å². The van der Waals surface area contributed by atoms with Crippen molar-refractivity contribution in [3.63, 3.8) is 0 Å². The van der Waals surface area contributed by atoms with Crippen molar-refractivity contribution in [1.29, 1.82) is 5.26 Å². The molecule has 0 aromatic heterocycles. The van der Waals surface area contributed by atoms with Gasteiger partial charge in [0.1, 0.15) is 6.07 Å². The van der Waals surface area contributed by atoms with Crippen LogP contribution in [0.5, 0.6) is 0 Å². The summed E-state index contributed by atoms with van der Waals surface area (Å²) in [6.07, 6.45) is 1.96. The topological polar surface area (TPSA) is 85.2 Å². The van der Waals surface area contributed by atoms with E-state index in [-0.39, 0.29) is 17.7 Å². The van der Waals surface area contributed by atoms with Crippen LogP contribution in [0.1, 0.15) is 30.4 Å². The van der Waals surface area contributed by atoms with E-state index in [0.717, 1.165) is 31.5 Å². The standard InChI is InChI=1S/C23H25ClN4O2/c24-21-14-20(7-6-19(21)15-25)27-22(29)10-13-28-11-8-18(9-12-28)23(30)26-16-17-4-2-1-3-5-17/h1-7,14,18H,8-13,16H2,(H,26,30)(H,27,29). The van der Waals surface area contributed by atoms with Crippen molar-refractivity contribution in [1.82, 2.24) is 10.2 Å². The van der Waals surface area contributed by atoms with Crippen LogP contribution < -0.4 is 10.6 Å². The Morgan fingerprint density at radius 3 is 2.53 bits per heavy atom. The van der Waals surface area contributed by atoms with Crippen molar-refractivity contribution in [2.24, 2.45) is 5.92 Å². The third kappa shape index (κ3) is 6.31. The Kier molecular flexibility index (Phi) is 7.83. The number of carbonyl (C=O) groups is 2. The molecule has 0 radical (unpaired) electrons. The quantitative estimate of drug-likeness (QED) is 0.711. The number of piperidine rings is 1. The molecule has 3 rings (SSSR count). The van der Waals surface area contributed by atoms with Crippen LogP contribution in [0.25, 0.3) is 0 Å². The smallest absolute Gasteiger partial charge is 0.225 e. The molecule has 1 aliphatic heterocycles. The number of hydrogen-bond acceptors (Lipinski definition) is 4. The average Bonchev–Trinajstić information content (AvgIpc) is 2.77. The van der Waals surface area contributed by atoms with Crippen molar-refractivity contribution in [2.75, 3.05) is 25.0 Å². The highest BCUT2D eigenvalue weighted by atomic mass is 35.5. The number of nitrogens with one attached hydrogen (secondary N) is 2. The molecule has 0 aliphatic carbocycles. The van der Waals surface area contributed by atoms with Crippen LogP contribution in [0.4, 0.5) is 5.69 Å². The van der Waals surface area contributed by atoms with Crippen LogP contribution >= 0.6 is 11.6 Å². The molecule has 0 saturated carbocycles. The molecule has 2 amide bonds. The number of halogens is 1. The van der Waals surface area contributed by atoms with E-state index in [1.807, 2.05) is 36.4 Å². The van der Waals surface area contributed by atoms with Gasteiger partial charge in [0.2, 0.25) is 11.8 Å². The fraction of sp³-hybridized carbons (Fsp3) is 0.348. The Morgan fingerprint density at radius 2 is 1.87 bits per heavy atom. The SMILES string of the molecule is N#Cc1ccc(NC(=O)CCN2CCC(C(=O)NCc3ccccc3)CC2)cc1Cl. The van der Waals surface area contributed by atoms with Gasteiger partial charge in [-0.1, -0.05) is 41.9 Å². The second-order valence-electron chi connectivity index (χ2n) is 7.42. The molecule has 2 aromatic rings. The summed E-state index contributed by atoms with van der Waals surface area (Å²) in [5.74, 6) is 0.0343. The van der Waals surface area contributed by atoms with E-state index >= 15 is 0 Å². The van der Waals surface area contributed by atoms with Gasteiger partial charge in [-0.3, -0.25) is 9.59 Å². The summed E-state index contributed by atoms with van der Waals surface area (Å²) in [4.78, 5) is 26.8. The summed E-state index contributed by atoms with van der Waals surface area (Å²) in [5, 5.41) is 15.1. The molecule has 0 unspecified atom stereocenters. The fourth-order valence-corrected chi connectivity index (χ4v) is 3.74. The lowest BCUT2D eigenvalue weighted by Crippen LogP contribution is -2.41. The van der Waals surface area contributed by atoms with Gasteiger partial charge in [0.15, 0.2) is 0 Å². The maximum Gasteiger partial charge on any atom is 0.225 e. The van der Waals surface area contributed by atoms with Gasteiger partial charge in [-0.2, -0.15) is 5.26 Å². The highest BCUT2D eigenvalue weighted by Gasteiger charge is 2.24. The van der Waals surface area contributed by atoms with Crippen LogP contribution in [0, 0.1) is 17.2 Å². The lowest BCUT2D eigenvalue weighted by Gasteiger charge is -2.31. The summed E-state index contributed by atoms with van der Waals surface area (Å²) in [5.41, 5.74) is 2.06. The number of nitrogens with zero attached hydrogens (tertiary/aromatic N) is 2. The third-order valence-corrected chi connectivity index (χ3v) is 5.61. The van der Waals surface area contributed by atoms with Gasteiger partial charge in [0.25, 0.3) is 0 Å². The molecule has 1 fully saturated rings. The first-order chi connectivity index (χ1) is 14.5. The number of nitriles is 1. The van der Waals surface area contributed by atoms with E-state index in [1.54, 1.807) is 18.2 Å². The predicted molar refractivity (Wildman–Crippen MR) is 117 cm³/mol.